The van der Waals surface area contributed by atoms with Crippen molar-refractivity contribution in [3.8, 4) is 0 Å². The molecule has 2 aliphatic rings. The molecule has 1 N–H and O–H groups in total. The lowest BCUT2D eigenvalue weighted by atomic mass is 10.1. The van der Waals surface area contributed by atoms with Gasteiger partial charge in [0.25, 0.3) is 0 Å². The van der Waals surface area contributed by atoms with Gasteiger partial charge in [0.15, 0.2) is 5.82 Å². The van der Waals surface area contributed by atoms with E-state index in [2.05, 4.69) is 10.1 Å². The van der Waals surface area contributed by atoms with Crippen molar-refractivity contribution in [2.24, 2.45) is 0 Å². The molecule has 0 radical (unpaired) electrons. The molecule has 16 heavy (non-hydrogen) atoms. The lowest BCUT2D eigenvalue weighted by Gasteiger charge is -2.07. The van der Waals surface area contributed by atoms with Crippen molar-refractivity contribution in [2.45, 2.75) is 43.6 Å². The van der Waals surface area contributed by atoms with Gasteiger partial charge < -0.3 is 14.4 Å². The molecule has 5 nitrogen and oxygen atoms in total. The van der Waals surface area contributed by atoms with E-state index in [-0.39, 0.29) is 17.9 Å². The van der Waals surface area contributed by atoms with Crippen molar-refractivity contribution in [3.63, 3.8) is 0 Å². The summed E-state index contributed by atoms with van der Waals surface area (Å²) in [6, 6.07) is 0. The third-order valence-electron chi connectivity index (χ3n) is 3.55. The number of rotatable bonds is 2. The van der Waals surface area contributed by atoms with Crippen molar-refractivity contribution < 1.29 is 14.4 Å². The van der Waals surface area contributed by atoms with Crippen LogP contribution in [0.15, 0.2) is 4.52 Å². The molecule has 1 aromatic rings. The summed E-state index contributed by atoms with van der Waals surface area (Å²) in [6.45, 7) is 1.47. The number of nitrogens with zero attached hydrogens (tertiary/aromatic N) is 2. The van der Waals surface area contributed by atoms with Gasteiger partial charge >= 0.3 is 0 Å². The first-order chi connectivity index (χ1) is 7.84. The van der Waals surface area contributed by atoms with Crippen LogP contribution < -0.4 is 0 Å². The molecule has 0 spiro atoms. The van der Waals surface area contributed by atoms with Crippen LogP contribution in [0.1, 0.15) is 49.2 Å². The van der Waals surface area contributed by atoms with Crippen LogP contribution in [-0.2, 0) is 4.74 Å². The second-order valence-electron chi connectivity index (χ2n) is 4.66. The monoisotopic (exact) mass is 224 g/mol. The minimum Gasteiger partial charge on any atom is -0.392 e. The molecular weight excluding hydrogens is 208 g/mol. The van der Waals surface area contributed by atoms with E-state index in [0.29, 0.717) is 12.5 Å². The van der Waals surface area contributed by atoms with Crippen LogP contribution in [0, 0.1) is 0 Å². The van der Waals surface area contributed by atoms with Gasteiger partial charge in [0.1, 0.15) is 0 Å². The lowest BCUT2D eigenvalue weighted by molar-refractivity contribution is 0.148. The minimum absolute atomic E-state index is 0.0450. The zero-order valence-corrected chi connectivity index (χ0v) is 9.13. The van der Waals surface area contributed by atoms with E-state index in [1.54, 1.807) is 0 Å². The standard InChI is InChI=1S/C11H16N2O3/c14-9-3-1-2-8(9)11-12-10(13-16-11)7-4-5-15-6-7/h7-9,14H,1-6H2. The zero-order valence-electron chi connectivity index (χ0n) is 9.13. The predicted octanol–water partition coefficient (Wildman–Crippen LogP) is 1.20. The molecule has 5 heteroatoms. The van der Waals surface area contributed by atoms with Gasteiger partial charge in [0.05, 0.1) is 18.6 Å². The number of hydrogen-bond donors (Lipinski definition) is 1. The maximum absolute atomic E-state index is 9.76. The molecule has 1 aliphatic carbocycles. The molecule has 3 rings (SSSR count). The van der Waals surface area contributed by atoms with E-state index in [4.69, 9.17) is 9.26 Å². The first-order valence-corrected chi connectivity index (χ1v) is 5.94. The van der Waals surface area contributed by atoms with Crippen LogP contribution >= 0.6 is 0 Å². The van der Waals surface area contributed by atoms with Gasteiger partial charge in [-0.1, -0.05) is 5.16 Å². The van der Waals surface area contributed by atoms with Crippen molar-refractivity contribution in [1.29, 1.82) is 0 Å². The first kappa shape index (κ1) is 10.2. The van der Waals surface area contributed by atoms with E-state index in [0.717, 1.165) is 38.1 Å². The Balaban J connectivity index is 1.76. The highest BCUT2D eigenvalue weighted by Gasteiger charge is 2.32. The van der Waals surface area contributed by atoms with Gasteiger partial charge in [-0.25, -0.2) is 0 Å². The fourth-order valence-corrected chi connectivity index (χ4v) is 2.53. The predicted molar refractivity (Wildman–Crippen MR) is 55.1 cm³/mol. The SMILES string of the molecule is OC1CCCC1c1nc(C2CCOC2)no1. The minimum atomic E-state index is -0.312. The molecule has 0 bridgehead atoms. The quantitative estimate of drug-likeness (QED) is 0.817. The summed E-state index contributed by atoms with van der Waals surface area (Å²) in [5, 5.41) is 13.8. The summed E-state index contributed by atoms with van der Waals surface area (Å²) < 4.78 is 10.6. The van der Waals surface area contributed by atoms with Crippen LogP contribution in [0.2, 0.25) is 0 Å². The molecule has 1 saturated carbocycles. The highest BCUT2D eigenvalue weighted by molar-refractivity contribution is 5.04. The summed E-state index contributed by atoms with van der Waals surface area (Å²) in [5.74, 6) is 1.66. The Morgan fingerprint density at radius 2 is 2.19 bits per heavy atom. The maximum atomic E-state index is 9.76. The highest BCUT2D eigenvalue weighted by atomic mass is 16.5. The van der Waals surface area contributed by atoms with Crippen LogP contribution in [0.4, 0.5) is 0 Å². The summed E-state index contributed by atoms with van der Waals surface area (Å²) in [4.78, 5) is 4.41. The van der Waals surface area contributed by atoms with E-state index >= 15 is 0 Å². The molecule has 1 aromatic heterocycles. The molecule has 3 atom stereocenters. The maximum Gasteiger partial charge on any atom is 0.232 e. The van der Waals surface area contributed by atoms with Crippen LogP contribution in [0.5, 0.6) is 0 Å². The van der Waals surface area contributed by atoms with Crippen LogP contribution in [0.25, 0.3) is 0 Å². The van der Waals surface area contributed by atoms with Crippen molar-refractivity contribution in [2.75, 3.05) is 13.2 Å². The van der Waals surface area contributed by atoms with Crippen molar-refractivity contribution >= 4 is 0 Å². The normalized spacial score (nSPS) is 34.7. The summed E-state index contributed by atoms with van der Waals surface area (Å²) >= 11 is 0. The molecule has 1 saturated heterocycles. The van der Waals surface area contributed by atoms with Gasteiger partial charge in [0, 0.05) is 12.5 Å². The Bertz CT molecular complexity index is 360. The molecule has 88 valence electrons. The fourth-order valence-electron chi connectivity index (χ4n) is 2.53. The Hall–Kier alpha value is -0.940. The average Bonchev–Trinajstić information content (AvgIpc) is 2.96. The summed E-state index contributed by atoms with van der Waals surface area (Å²) in [7, 11) is 0. The molecule has 2 fully saturated rings. The van der Waals surface area contributed by atoms with E-state index in [9.17, 15) is 5.11 Å². The fraction of sp³-hybridized carbons (Fsp3) is 0.818. The smallest absolute Gasteiger partial charge is 0.232 e. The van der Waals surface area contributed by atoms with Crippen LogP contribution in [-0.4, -0.2) is 34.6 Å². The Morgan fingerprint density at radius 3 is 2.88 bits per heavy atom. The molecule has 0 aromatic carbocycles. The summed E-state index contributed by atoms with van der Waals surface area (Å²) in [6.07, 6.45) is 3.48. The Labute approximate surface area is 93.8 Å². The number of aliphatic hydroxyl groups is 1. The number of aliphatic hydroxyl groups excluding tert-OH is 1. The van der Waals surface area contributed by atoms with Crippen LogP contribution in [0.3, 0.4) is 0 Å². The van der Waals surface area contributed by atoms with Gasteiger partial charge in [0.2, 0.25) is 5.89 Å². The number of aromatic nitrogens is 2. The van der Waals surface area contributed by atoms with E-state index in [1.165, 1.54) is 0 Å². The van der Waals surface area contributed by atoms with Crippen molar-refractivity contribution in [1.82, 2.24) is 10.1 Å². The largest absolute Gasteiger partial charge is 0.392 e. The van der Waals surface area contributed by atoms with Gasteiger partial charge in [-0.2, -0.15) is 4.98 Å². The Morgan fingerprint density at radius 1 is 1.25 bits per heavy atom. The highest BCUT2D eigenvalue weighted by Crippen LogP contribution is 2.34. The second kappa shape index (κ2) is 4.14. The third-order valence-corrected chi connectivity index (χ3v) is 3.55. The van der Waals surface area contributed by atoms with E-state index in [1.807, 2.05) is 0 Å². The second-order valence-corrected chi connectivity index (χ2v) is 4.66. The Kier molecular flexibility index (Phi) is 2.65. The molecular formula is C11H16N2O3. The van der Waals surface area contributed by atoms with E-state index < -0.39 is 0 Å². The van der Waals surface area contributed by atoms with Crippen molar-refractivity contribution in [3.05, 3.63) is 11.7 Å². The first-order valence-electron chi connectivity index (χ1n) is 5.94. The molecule has 0 amide bonds. The average molecular weight is 224 g/mol. The van der Waals surface area contributed by atoms with Gasteiger partial charge in [-0.3, -0.25) is 0 Å². The topological polar surface area (TPSA) is 68.4 Å². The number of ether oxygens (including phenoxy) is 1. The summed E-state index contributed by atoms with van der Waals surface area (Å²) in [5.41, 5.74) is 0. The molecule has 2 heterocycles. The van der Waals surface area contributed by atoms with Gasteiger partial charge in [-0.05, 0) is 25.7 Å². The lowest BCUT2D eigenvalue weighted by Crippen LogP contribution is -2.11. The zero-order chi connectivity index (χ0) is 11.0. The molecule has 1 aliphatic heterocycles. The third kappa shape index (κ3) is 1.74. The molecule has 3 unspecified atom stereocenters. The van der Waals surface area contributed by atoms with Gasteiger partial charge in [-0.15, -0.1) is 0 Å². The number of hydrogen-bond acceptors (Lipinski definition) is 5.